The molecule has 1 saturated heterocycles. The Morgan fingerprint density at radius 3 is 2.85 bits per heavy atom. The molecule has 1 aromatic rings. The number of hydrogen-bond donors (Lipinski definition) is 1. The largest absolute Gasteiger partial charge is 0.469 e. The van der Waals surface area contributed by atoms with E-state index in [9.17, 15) is 19.2 Å². The number of nitrogens with one attached hydrogen (secondary N) is 1. The fourth-order valence-corrected chi connectivity index (χ4v) is 3.57. The minimum Gasteiger partial charge on any atom is -0.469 e. The lowest BCUT2D eigenvalue weighted by Gasteiger charge is -2.33. The topological polar surface area (TPSA) is 119 Å². The summed E-state index contributed by atoms with van der Waals surface area (Å²) in [4.78, 5) is 56.0. The summed E-state index contributed by atoms with van der Waals surface area (Å²) in [7, 11) is 1.25. The van der Waals surface area contributed by atoms with Gasteiger partial charge in [0.15, 0.2) is 5.16 Å². The summed E-state index contributed by atoms with van der Waals surface area (Å²) in [6, 6.07) is 0.647. The molecule has 0 unspecified atom stereocenters. The van der Waals surface area contributed by atoms with Crippen LogP contribution in [0.5, 0.6) is 0 Å². The summed E-state index contributed by atoms with van der Waals surface area (Å²) in [5.74, 6) is -1.10. The Kier molecular flexibility index (Phi) is 7.83. The van der Waals surface area contributed by atoms with E-state index in [1.165, 1.54) is 18.1 Å². The van der Waals surface area contributed by atoms with Crippen molar-refractivity contribution in [1.29, 1.82) is 0 Å². The highest BCUT2D eigenvalue weighted by atomic mass is 32.2. The van der Waals surface area contributed by atoms with Gasteiger partial charge in [-0.3, -0.25) is 14.4 Å². The van der Waals surface area contributed by atoms with Gasteiger partial charge in [-0.2, -0.15) is 0 Å². The molecule has 1 aromatic heterocycles. The second-order valence-corrected chi connectivity index (χ2v) is 6.90. The smallest absolute Gasteiger partial charge is 0.328 e. The lowest BCUT2D eigenvalue weighted by Crippen LogP contribution is -2.49. The van der Waals surface area contributed by atoms with Crippen LogP contribution in [0.3, 0.4) is 0 Å². The van der Waals surface area contributed by atoms with Gasteiger partial charge in [-0.05, 0) is 26.2 Å². The van der Waals surface area contributed by atoms with E-state index in [-0.39, 0.29) is 41.5 Å². The third kappa shape index (κ3) is 6.09. The average Bonchev–Trinajstić information content (AvgIpc) is 2.65. The Morgan fingerprint density at radius 1 is 1.37 bits per heavy atom. The van der Waals surface area contributed by atoms with Crippen LogP contribution in [0.15, 0.2) is 16.0 Å². The van der Waals surface area contributed by atoms with E-state index in [0.29, 0.717) is 13.0 Å². The SMILES string of the molecule is CCOC(=O)[C@@H]1CCCCN1C(=O)CSc1nc(CC(=O)OC)cc(=O)[nH]1. The van der Waals surface area contributed by atoms with Crippen LogP contribution in [0.4, 0.5) is 0 Å². The highest BCUT2D eigenvalue weighted by Crippen LogP contribution is 2.21. The van der Waals surface area contributed by atoms with Crippen LogP contribution in [0.25, 0.3) is 0 Å². The maximum absolute atomic E-state index is 12.6. The molecule has 0 spiro atoms. The molecule has 27 heavy (non-hydrogen) atoms. The van der Waals surface area contributed by atoms with Crippen LogP contribution in [0.2, 0.25) is 0 Å². The van der Waals surface area contributed by atoms with Crippen LogP contribution in [-0.4, -0.2) is 64.8 Å². The second-order valence-electron chi connectivity index (χ2n) is 5.93. The number of amides is 1. The lowest BCUT2D eigenvalue weighted by molar-refractivity contribution is -0.155. The molecule has 0 aromatic carbocycles. The van der Waals surface area contributed by atoms with Crippen molar-refractivity contribution in [3.63, 3.8) is 0 Å². The zero-order valence-corrected chi connectivity index (χ0v) is 16.2. The molecule has 1 N–H and O–H groups in total. The molecule has 1 amide bonds. The number of ether oxygens (including phenoxy) is 2. The van der Waals surface area contributed by atoms with Crippen molar-refractivity contribution in [1.82, 2.24) is 14.9 Å². The van der Waals surface area contributed by atoms with Crippen molar-refractivity contribution < 1.29 is 23.9 Å². The first-order chi connectivity index (χ1) is 12.9. The molecule has 0 radical (unpaired) electrons. The number of methoxy groups -OCH3 is 1. The Labute approximate surface area is 160 Å². The first kappa shape index (κ1) is 20.9. The molecular weight excluding hydrogens is 374 g/mol. The molecule has 0 bridgehead atoms. The van der Waals surface area contributed by atoms with E-state index >= 15 is 0 Å². The number of piperidine rings is 1. The molecular formula is C17H23N3O6S. The van der Waals surface area contributed by atoms with E-state index < -0.39 is 17.6 Å². The summed E-state index contributed by atoms with van der Waals surface area (Å²) < 4.78 is 9.62. The maximum atomic E-state index is 12.6. The number of likely N-dealkylation sites (tertiary alicyclic amines) is 1. The quantitative estimate of drug-likeness (QED) is 0.402. The van der Waals surface area contributed by atoms with Gasteiger partial charge in [0, 0.05) is 12.6 Å². The minimum atomic E-state index is -0.565. The van der Waals surface area contributed by atoms with Gasteiger partial charge in [0.1, 0.15) is 6.04 Å². The maximum Gasteiger partial charge on any atom is 0.328 e. The third-order valence-corrected chi connectivity index (χ3v) is 4.90. The number of rotatable bonds is 7. The summed E-state index contributed by atoms with van der Waals surface area (Å²) in [5, 5.41) is 0.236. The number of aromatic nitrogens is 2. The molecule has 0 aliphatic carbocycles. The first-order valence-corrected chi connectivity index (χ1v) is 9.69. The number of nitrogens with zero attached hydrogens (tertiary/aromatic N) is 2. The van der Waals surface area contributed by atoms with E-state index in [1.807, 2.05) is 0 Å². The van der Waals surface area contributed by atoms with E-state index in [0.717, 1.165) is 24.6 Å². The molecule has 1 fully saturated rings. The third-order valence-electron chi connectivity index (χ3n) is 4.04. The lowest BCUT2D eigenvalue weighted by atomic mass is 10.0. The van der Waals surface area contributed by atoms with Crippen LogP contribution in [-0.2, 0) is 30.3 Å². The van der Waals surface area contributed by atoms with Crippen molar-refractivity contribution >= 4 is 29.6 Å². The fourth-order valence-electron chi connectivity index (χ4n) is 2.79. The molecule has 0 saturated carbocycles. The van der Waals surface area contributed by atoms with Crippen LogP contribution in [0.1, 0.15) is 31.9 Å². The highest BCUT2D eigenvalue weighted by molar-refractivity contribution is 7.99. The highest BCUT2D eigenvalue weighted by Gasteiger charge is 2.33. The number of H-pyrrole nitrogens is 1. The van der Waals surface area contributed by atoms with E-state index in [1.54, 1.807) is 6.92 Å². The number of carbonyl (C=O) groups is 3. The van der Waals surface area contributed by atoms with Crippen molar-refractivity contribution in [3.8, 4) is 0 Å². The molecule has 9 nitrogen and oxygen atoms in total. The van der Waals surface area contributed by atoms with Gasteiger partial charge < -0.3 is 19.4 Å². The van der Waals surface area contributed by atoms with Gasteiger partial charge in [-0.1, -0.05) is 11.8 Å². The Hall–Kier alpha value is -2.36. The van der Waals surface area contributed by atoms with E-state index in [4.69, 9.17) is 4.74 Å². The normalized spacial score (nSPS) is 16.7. The summed E-state index contributed by atoms with van der Waals surface area (Å²) in [6.45, 7) is 2.49. The van der Waals surface area contributed by atoms with Crippen LogP contribution in [0, 0.1) is 0 Å². The summed E-state index contributed by atoms with van der Waals surface area (Å²) >= 11 is 1.05. The second kappa shape index (κ2) is 10.1. The molecule has 1 aliphatic heterocycles. The van der Waals surface area contributed by atoms with Gasteiger partial charge in [0.05, 0.1) is 31.6 Å². The Bertz CT molecular complexity index is 750. The molecule has 148 valence electrons. The van der Waals surface area contributed by atoms with Crippen LogP contribution < -0.4 is 5.56 Å². The number of hydrogen-bond acceptors (Lipinski definition) is 8. The average molecular weight is 397 g/mol. The zero-order valence-electron chi connectivity index (χ0n) is 15.4. The fraction of sp³-hybridized carbons (Fsp3) is 0.588. The summed E-state index contributed by atoms with van der Waals surface area (Å²) in [5.41, 5.74) is -0.149. The van der Waals surface area contributed by atoms with Crippen molar-refractivity contribution in [2.24, 2.45) is 0 Å². The molecule has 10 heteroatoms. The number of thioether (sulfide) groups is 1. The predicted octanol–water partition coefficient (Wildman–Crippen LogP) is 0.522. The van der Waals surface area contributed by atoms with Crippen molar-refractivity contribution in [2.75, 3.05) is 26.0 Å². The Balaban J connectivity index is 2.02. The van der Waals surface area contributed by atoms with Gasteiger partial charge >= 0.3 is 11.9 Å². The van der Waals surface area contributed by atoms with Crippen molar-refractivity contribution in [3.05, 3.63) is 22.1 Å². The van der Waals surface area contributed by atoms with Gasteiger partial charge in [-0.25, -0.2) is 9.78 Å². The monoisotopic (exact) mass is 397 g/mol. The van der Waals surface area contributed by atoms with Crippen LogP contribution >= 0.6 is 11.8 Å². The van der Waals surface area contributed by atoms with Gasteiger partial charge in [0.25, 0.3) is 5.56 Å². The predicted molar refractivity (Wildman–Crippen MR) is 97.3 cm³/mol. The Morgan fingerprint density at radius 2 is 2.15 bits per heavy atom. The number of esters is 2. The van der Waals surface area contributed by atoms with Crippen molar-refractivity contribution in [2.45, 2.75) is 43.8 Å². The first-order valence-electron chi connectivity index (χ1n) is 8.70. The molecule has 2 rings (SSSR count). The van der Waals surface area contributed by atoms with Gasteiger partial charge in [-0.15, -0.1) is 0 Å². The number of aromatic amines is 1. The minimum absolute atomic E-state index is 0.0144. The standard InChI is InChI=1S/C17H23N3O6S/c1-3-26-16(24)12-6-4-5-7-20(12)14(22)10-27-17-18-11(8-13(21)19-17)9-15(23)25-2/h8,12H,3-7,9-10H2,1-2H3,(H,18,19,21)/t12-/m0/s1. The molecule has 1 atom stereocenters. The summed E-state index contributed by atoms with van der Waals surface area (Å²) in [6.07, 6.45) is 2.15. The van der Waals surface area contributed by atoms with Gasteiger partial charge in [0.2, 0.25) is 5.91 Å². The molecule has 2 heterocycles. The number of carbonyl (C=O) groups excluding carboxylic acids is 3. The molecule has 1 aliphatic rings. The van der Waals surface area contributed by atoms with E-state index in [2.05, 4.69) is 14.7 Å². The zero-order chi connectivity index (χ0) is 19.8.